The zero-order valence-electron chi connectivity index (χ0n) is 15.4. The molecule has 6 nitrogen and oxygen atoms in total. The summed E-state index contributed by atoms with van der Waals surface area (Å²) in [4.78, 5) is 35.9. The molecular formula is C19H28N2O4. The zero-order valence-corrected chi connectivity index (χ0v) is 15.4. The first kappa shape index (κ1) is 20.7. The molecule has 2 N–H and O–H groups in total. The second kappa shape index (κ2) is 10.5. The number of esters is 1. The van der Waals surface area contributed by atoms with E-state index in [4.69, 9.17) is 4.74 Å². The van der Waals surface area contributed by atoms with Crippen LogP contribution in [0.15, 0.2) is 24.3 Å². The highest BCUT2D eigenvalue weighted by atomic mass is 16.5. The van der Waals surface area contributed by atoms with Gasteiger partial charge < -0.3 is 15.4 Å². The van der Waals surface area contributed by atoms with Gasteiger partial charge in [-0.15, -0.1) is 0 Å². The number of aryl methyl sites for hydroxylation is 1. The molecule has 0 aliphatic heterocycles. The van der Waals surface area contributed by atoms with Gasteiger partial charge in [0.25, 0.3) is 5.91 Å². The highest BCUT2D eigenvalue weighted by Crippen LogP contribution is 2.07. The average molecular weight is 348 g/mol. The summed E-state index contributed by atoms with van der Waals surface area (Å²) in [7, 11) is 0. The number of carbonyl (C=O) groups excluding carboxylic acids is 3. The standard InChI is InChI=1S/C19H28N2O4/c1-5-25-16(22)7-6-12-20-19(24)17(13(2)3)21-18(23)15-10-8-14(4)9-11-15/h8-11,13,17H,5-7,12H2,1-4H3,(H,20,24)(H,21,23). The molecule has 1 rings (SSSR count). The van der Waals surface area contributed by atoms with Crippen LogP contribution in [0.4, 0.5) is 0 Å². The Kier molecular flexibility index (Phi) is 8.67. The first-order chi connectivity index (χ1) is 11.8. The molecule has 25 heavy (non-hydrogen) atoms. The highest BCUT2D eigenvalue weighted by molar-refractivity contribution is 5.97. The van der Waals surface area contributed by atoms with E-state index in [1.165, 1.54) is 0 Å². The quantitative estimate of drug-likeness (QED) is 0.529. The van der Waals surface area contributed by atoms with Gasteiger partial charge in [0.05, 0.1) is 6.61 Å². The topological polar surface area (TPSA) is 84.5 Å². The third kappa shape index (κ3) is 7.37. The van der Waals surface area contributed by atoms with E-state index in [2.05, 4.69) is 10.6 Å². The largest absolute Gasteiger partial charge is 0.466 e. The lowest BCUT2D eigenvalue weighted by molar-refractivity contribution is -0.143. The molecule has 1 unspecified atom stereocenters. The van der Waals surface area contributed by atoms with Crippen molar-refractivity contribution in [1.82, 2.24) is 10.6 Å². The Morgan fingerprint density at radius 2 is 1.76 bits per heavy atom. The third-order valence-corrected chi connectivity index (χ3v) is 3.71. The van der Waals surface area contributed by atoms with E-state index in [0.29, 0.717) is 25.1 Å². The van der Waals surface area contributed by atoms with Crippen LogP contribution >= 0.6 is 0 Å². The van der Waals surface area contributed by atoms with Crippen LogP contribution < -0.4 is 10.6 Å². The van der Waals surface area contributed by atoms with Gasteiger partial charge in [0, 0.05) is 18.5 Å². The van der Waals surface area contributed by atoms with Crippen molar-refractivity contribution in [2.45, 2.75) is 46.6 Å². The van der Waals surface area contributed by atoms with Crippen molar-refractivity contribution in [2.75, 3.05) is 13.2 Å². The Labute approximate surface area is 149 Å². The molecule has 0 aliphatic carbocycles. The summed E-state index contributed by atoms with van der Waals surface area (Å²) in [6.45, 7) is 8.16. The number of amides is 2. The molecule has 138 valence electrons. The molecule has 0 fully saturated rings. The van der Waals surface area contributed by atoms with Gasteiger partial charge in [-0.2, -0.15) is 0 Å². The number of ether oxygens (including phenoxy) is 1. The van der Waals surface area contributed by atoms with Crippen LogP contribution in [-0.4, -0.2) is 37.0 Å². The maximum atomic E-state index is 12.3. The van der Waals surface area contributed by atoms with Crippen molar-refractivity contribution in [2.24, 2.45) is 5.92 Å². The molecule has 1 aromatic rings. The van der Waals surface area contributed by atoms with E-state index in [-0.39, 0.29) is 30.1 Å². The monoisotopic (exact) mass is 348 g/mol. The molecule has 0 saturated carbocycles. The Morgan fingerprint density at radius 3 is 2.32 bits per heavy atom. The molecule has 1 aromatic carbocycles. The van der Waals surface area contributed by atoms with Gasteiger partial charge in [-0.25, -0.2) is 0 Å². The Balaban J connectivity index is 2.52. The number of hydrogen-bond acceptors (Lipinski definition) is 4. The first-order valence-corrected chi connectivity index (χ1v) is 8.66. The van der Waals surface area contributed by atoms with Gasteiger partial charge >= 0.3 is 5.97 Å². The molecule has 0 spiro atoms. The molecule has 0 radical (unpaired) electrons. The molecule has 1 atom stereocenters. The van der Waals surface area contributed by atoms with Gasteiger partial charge in [-0.05, 0) is 38.3 Å². The lowest BCUT2D eigenvalue weighted by atomic mass is 10.0. The van der Waals surface area contributed by atoms with Crippen LogP contribution in [0, 0.1) is 12.8 Å². The maximum absolute atomic E-state index is 12.3. The summed E-state index contributed by atoms with van der Waals surface area (Å²) in [5.41, 5.74) is 1.59. The van der Waals surface area contributed by atoms with E-state index >= 15 is 0 Å². The van der Waals surface area contributed by atoms with Gasteiger partial charge in [0.1, 0.15) is 6.04 Å². The van der Waals surface area contributed by atoms with E-state index in [1.807, 2.05) is 32.9 Å². The molecule has 0 aliphatic rings. The van der Waals surface area contributed by atoms with Gasteiger partial charge in [-0.1, -0.05) is 31.5 Å². The van der Waals surface area contributed by atoms with E-state index in [9.17, 15) is 14.4 Å². The summed E-state index contributed by atoms with van der Waals surface area (Å²) in [6.07, 6.45) is 0.761. The molecule has 2 amide bonds. The van der Waals surface area contributed by atoms with Crippen LogP contribution in [0.25, 0.3) is 0 Å². The lowest BCUT2D eigenvalue weighted by Gasteiger charge is -2.21. The minimum Gasteiger partial charge on any atom is -0.466 e. The minimum atomic E-state index is -0.628. The maximum Gasteiger partial charge on any atom is 0.305 e. The van der Waals surface area contributed by atoms with Crippen LogP contribution in [-0.2, 0) is 14.3 Å². The van der Waals surface area contributed by atoms with Gasteiger partial charge in [0.15, 0.2) is 0 Å². The van der Waals surface area contributed by atoms with E-state index < -0.39 is 6.04 Å². The number of hydrogen-bond donors (Lipinski definition) is 2. The predicted molar refractivity (Wildman–Crippen MR) is 96.1 cm³/mol. The smallest absolute Gasteiger partial charge is 0.305 e. The van der Waals surface area contributed by atoms with Crippen LogP contribution in [0.5, 0.6) is 0 Å². The molecule has 0 bridgehead atoms. The second-order valence-electron chi connectivity index (χ2n) is 6.26. The lowest BCUT2D eigenvalue weighted by Crippen LogP contribution is -2.49. The number of nitrogens with one attached hydrogen (secondary N) is 2. The number of benzene rings is 1. The third-order valence-electron chi connectivity index (χ3n) is 3.71. The molecule has 0 heterocycles. The van der Waals surface area contributed by atoms with E-state index in [1.54, 1.807) is 19.1 Å². The predicted octanol–water partition coefficient (Wildman–Crippen LogP) is 2.21. The van der Waals surface area contributed by atoms with Crippen LogP contribution in [0.3, 0.4) is 0 Å². The first-order valence-electron chi connectivity index (χ1n) is 8.66. The Morgan fingerprint density at radius 1 is 1.12 bits per heavy atom. The summed E-state index contributed by atoms with van der Waals surface area (Å²) in [6, 6.07) is 6.55. The van der Waals surface area contributed by atoms with Crippen LogP contribution in [0.1, 0.15) is 49.5 Å². The SMILES string of the molecule is CCOC(=O)CCCNC(=O)C(NC(=O)c1ccc(C)cc1)C(C)C. The molecular weight excluding hydrogens is 320 g/mol. The van der Waals surface area contributed by atoms with Crippen molar-refractivity contribution in [3.8, 4) is 0 Å². The normalized spacial score (nSPS) is 11.7. The Hall–Kier alpha value is -2.37. The summed E-state index contributed by atoms with van der Waals surface area (Å²) < 4.78 is 4.84. The van der Waals surface area contributed by atoms with Gasteiger partial charge in [0.2, 0.25) is 5.91 Å². The van der Waals surface area contributed by atoms with Crippen molar-refractivity contribution in [3.63, 3.8) is 0 Å². The zero-order chi connectivity index (χ0) is 18.8. The fraction of sp³-hybridized carbons (Fsp3) is 0.526. The number of rotatable bonds is 9. The summed E-state index contributed by atoms with van der Waals surface area (Å²) >= 11 is 0. The summed E-state index contributed by atoms with van der Waals surface area (Å²) in [5, 5.41) is 5.55. The average Bonchev–Trinajstić information content (AvgIpc) is 2.56. The minimum absolute atomic E-state index is 0.0561. The van der Waals surface area contributed by atoms with Crippen LogP contribution in [0.2, 0.25) is 0 Å². The fourth-order valence-corrected chi connectivity index (χ4v) is 2.25. The van der Waals surface area contributed by atoms with Crippen molar-refractivity contribution >= 4 is 17.8 Å². The second-order valence-corrected chi connectivity index (χ2v) is 6.26. The fourth-order valence-electron chi connectivity index (χ4n) is 2.25. The highest BCUT2D eigenvalue weighted by Gasteiger charge is 2.24. The number of carbonyl (C=O) groups is 3. The Bertz CT molecular complexity index is 582. The van der Waals surface area contributed by atoms with Crippen molar-refractivity contribution < 1.29 is 19.1 Å². The van der Waals surface area contributed by atoms with Crippen molar-refractivity contribution in [3.05, 3.63) is 35.4 Å². The molecule has 0 saturated heterocycles. The van der Waals surface area contributed by atoms with Crippen molar-refractivity contribution in [1.29, 1.82) is 0 Å². The molecule has 6 heteroatoms. The van der Waals surface area contributed by atoms with E-state index in [0.717, 1.165) is 5.56 Å². The summed E-state index contributed by atoms with van der Waals surface area (Å²) in [5.74, 6) is -0.857. The van der Waals surface area contributed by atoms with Gasteiger partial charge in [-0.3, -0.25) is 14.4 Å². The molecule has 0 aromatic heterocycles.